The molecule has 0 saturated heterocycles. The van der Waals surface area contributed by atoms with Crippen LogP contribution >= 0.6 is 0 Å². The maximum Gasteiger partial charge on any atom is 0.136 e. The number of benzene rings is 6. The third-order valence-electron chi connectivity index (χ3n) is 8.74. The smallest absolute Gasteiger partial charge is 0.136 e. The lowest BCUT2D eigenvalue weighted by molar-refractivity contribution is 0.280. The molecular formula is C42H35N3O2. The number of aliphatic imine (C=N–C) groups is 1. The highest BCUT2D eigenvalue weighted by Gasteiger charge is 2.17. The van der Waals surface area contributed by atoms with E-state index in [4.69, 9.17) is 4.42 Å². The van der Waals surface area contributed by atoms with E-state index >= 15 is 0 Å². The summed E-state index contributed by atoms with van der Waals surface area (Å²) in [5.74, 6) is -0.0617. The summed E-state index contributed by atoms with van der Waals surface area (Å²) in [6, 6.07) is 48.0. The summed E-state index contributed by atoms with van der Waals surface area (Å²) in [6.07, 6.45) is 2.20. The van der Waals surface area contributed by atoms with Crippen molar-refractivity contribution in [1.82, 2.24) is 0 Å². The van der Waals surface area contributed by atoms with Crippen LogP contribution < -0.4 is 10.4 Å². The summed E-state index contributed by atoms with van der Waals surface area (Å²) in [7, 11) is 3.46. The molecule has 7 rings (SSSR count). The van der Waals surface area contributed by atoms with Gasteiger partial charge in [0.2, 0.25) is 0 Å². The van der Waals surface area contributed by atoms with Crippen molar-refractivity contribution >= 4 is 45.7 Å². The second kappa shape index (κ2) is 12.8. The van der Waals surface area contributed by atoms with E-state index in [2.05, 4.69) is 120 Å². The van der Waals surface area contributed by atoms with Crippen molar-refractivity contribution in [2.45, 2.75) is 5.92 Å². The zero-order chi connectivity index (χ0) is 32.3. The van der Waals surface area contributed by atoms with Crippen molar-refractivity contribution in [2.75, 3.05) is 24.5 Å². The van der Waals surface area contributed by atoms with Crippen LogP contribution in [0.5, 0.6) is 0 Å². The molecule has 5 nitrogen and oxygen atoms in total. The quantitative estimate of drug-likeness (QED) is 0.126. The van der Waals surface area contributed by atoms with Gasteiger partial charge in [-0.2, -0.15) is 0 Å². The summed E-state index contributed by atoms with van der Waals surface area (Å²) in [4.78, 5) is 4.51. The first-order chi connectivity index (χ1) is 23.0. The Morgan fingerprint density at radius 1 is 0.745 bits per heavy atom. The predicted octanol–water partition coefficient (Wildman–Crippen LogP) is 10.7. The van der Waals surface area contributed by atoms with Gasteiger partial charge in [-0.25, -0.2) is 0 Å². The van der Waals surface area contributed by atoms with E-state index in [1.807, 2.05) is 49.5 Å². The van der Waals surface area contributed by atoms with Crippen molar-refractivity contribution in [3.8, 4) is 22.3 Å². The van der Waals surface area contributed by atoms with Crippen LogP contribution in [0.2, 0.25) is 0 Å². The van der Waals surface area contributed by atoms with E-state index in [1.165, 1.54) is 5.56 Å². The third-order valence-corrected chi connectivity index (χ3v) is 8.74. The molecule has 1 heterocycles. The average molecular weight is 614 g/mol. The number of hydroxylamine groups is 1. The second-order valence-corrected chi connectivity index (χ2v) is 11.6. The Morgan fingerprint density at radius 3 is 2.21 bits per heavy atom. The van der Waals surface area contributed by atoms with Gasteiger partial charge in [-0.15, -0.1) is 0 Å². The number of fused-ring (bicyclic) bond motifs is 3. The van der Waals surface area contributed by atoms with Crippen LogP contribution in [0.4, 0.5) is 11.4 Å². The molecule has 0 bridgehead atoms. The largest absolute Gasteiger partial charge is 0.456 e. The normalized spacial score (nSPS) is 12.3. The van der Waals surface area contributed by atoms with Crippen LogP contribution in [-0.2, 0) is 0 Å². The fourth-order valence-corrected chi connectivity index (χ4v) is 6.38. The summed E-state index contributed by atoms with van der Waals surface area (Å²) in [5.41, 5.74) is 11.7. The van der Waals surface area contributed by atoms with Crippen molar-refractivity contribution in [1.29, 1.82) is 0 Å². The number of para-hydroxylation sites is 1. The van der Waals surface area contributed by atoms with Gasteiger partial charge >= 0.3 is 0 Å². The maximum atomic E-state index is 10.2. The van der Waals surface area contributed by atoms with E-state index in [1.54, 1.807) is 7.05 Å². The average Bonchev–Trinajstić information content (AvgIpc) is 3.51. The van der Waals surface area contributed by atoms with Gasteiger partial charge in [0, 0.05) is 30.8 Å². The molecule has 2 N–H and O–H groups in total. The lowest BCUT2D eigenvalue weighted by atomic mass is 9.87. The van der Waals surface area contributed by atoms with Crippen LogP contribution in [0, 0.1) is 0 Å². The molecule has 230 valence electrons. The number of anilines is 2. The molecule has 1 aromatic heterocycles. The number of nitrogens with zero attached hydrogens (tertiary/aromatic N) is 2. The number of nitrogens with one attached hydrogen (secondary N) is 1. The Balaban J connectivity index is 1.28. The molecule has 5 heteroatoms. The zero-order valence-corrected chi connectivity index (χ0v) is 26.4. The molecule has 1 atom stereocenters. The Hall–Kier alpha value is -5.91. The van der Waals surface area contributed by atoms with E-state index in [0.717, 1.165) is 71.8 Å². The molecule has 0 spiro atoms. The van der Waals surface area contributed by atoms with Crippen molar-refractivity contribution in [3.05, 3.63) is 162 Å². The zero-order valence-electron chi connectivity index (χ0n) is 26.4. The summed E-state index contributed by atoms with van der Waals surface area (Å²) < 4.78 is 6.20. The fourth-order valence-electron chi connectivity index (χ4n) is 6.38. The molecular weight excluding hydrogens is 578 g/mol. The van der Waals surface area contributed by atoms with Crippen molar-refractivity contribution < 1.29 is 9.62 Å². The molecule has 7 aromatic rings. The number of hydrogen-bond donors (Lipinski definition) is 2. The second-order valence-electron chi connectivity index (χ2n) is 11.6. The fraction of sp³-hybridized carbons (Fsp3) is 0.0714. The number of hydrogen-bond acceptors (Lipinski definition) is 5. The van der Waals surface area contributed by atoms with E-state index in [-0.39, 0.29) is 5.92 Å². The summed E-state index contributed by atoms with van der Waals surface area (Å²) in [5, 5.41) is 16.6. The van der Waals surface area contributed by atoms with E-state index in [0.29, 0.717) is 5.69 Å². The molecule has 47 heavy (non-hydrogen) atoms. The lowest BCUT2D eigenvalue weighted by Gasteiger charge is -2.18. The predicted molar refractivity (Wildman–Crippen MR) is 197 cm³/mol. The SMILES string of the molecule is C=N/C(=C\C(c1ccccc1)c1cccc(-c2cccc3oc4ccccc4c23)c1)c1ccc(-c2ccc(NC)c(N(C)O)c2)cc1. The first-order valence-electron chi connectivity index (χ1n) is 15.6. The van der Waals surface area contributed by atoms with Crippen LogP contribution in [0.3, 0.4) is 0 Å². The minimum Gasteiger partial charge on any atom is -0.456 e. The van der Waals surface area contributed by atoms with Crippen LogP contribution in [0.1, 0.15) is 22.6 Å². The maximum absolute atomic E-state index is 10.2. The van der Waals surface area contributed by atoms with Gasteiger partial charge in [-0.05, 0) is 76.0 Å². The lowest BCUT2D eigenvalue weighted by Crippen LogP contribution is -2.12. The standard InChI is InChI=1S/C42H35N3O2/c1-43-37-24-23-31(26-39(37)45(3)46)28-19-21-30(22-20-28)38(44-2)27-36(29-11-5-4-6-12-29)33-14-9-13-32(25-33)34-16-10-18-41-42(34)35-15-7-8-17-40(35)47-41/h4-27,36,43,46H,2H2,1,3H3/b38-27-. The van der Waals surface area contributed by atoms with Crippen molar-refractivity contribution in [2.24, 2.45) is 4.99 Å². The number of furan rings is 1. The molecule has 0 radical (unpaired) electrons. The van der Waals surface area contributed by atoms with Crippen LogP contribution in [-0.4, -0.2) is 26.0 Å². The molecule has 0 aliphatic carbocycles. The Kier molecular flexibility index (Phi) is 8.13. The monoisotopic (exact) mass is 613 g/mol. The Bertz CT molecular complexity index is 2230. The first kappa shape index (κ1) is 29.8. The van der Waals surface area contributed by atoms with Crippen LogP contribution in [0.15, 0.2) is 155 Å². The summed E-state index contributed by atoms with van der Waals surface area (Å²) in [6.45, 7) is 3.96. The molecule has 6 aromatic carbocycles. The third kappa shape index (κ3) is 5.81. The Labute approximate surface area is 274 Å². The highest BCUT2D eigenvalue weighted by Crippen LogP contribution is 2.39. The van der Waals surface area contributed by atoms with Gasteiger partial charge in [0.15, 0.2) is 0 Å². The summed E-state index contributed by atoms with van der Waals surface area (Å²) >= 11 is 0. The van der Waals surface area contributed by atoms with E-state index in [9.17, 15) is 5.21 Å². The highest BCUT2D eigenvalue weighted by molar-refractivity contribution is 6.12. The van der Waals surface area contributed by atoms with Gasteiger partial charge < -0.3 is 9.73 Å². The van der Waals surface area contributed by atoms with Gasteiger partial charge in [-0.3, -0.25) is 15.3 Å². The van der Waals surface area contributed by atoms with Gasteiger partial charge in [0.05, 0.1) is 17.1 Å². The highest BCUT2D eigenvalue weighted by atomic mass is 16.5. The molecule has 0 aliphatic heterocycles. The molecule has 0 saturated carbocycles. The molecule has 0 aliphatic rings. The van der Waals surface area contributed by atoms with Gasteiger partial charge in [0.1, 0.15) is 11.2 Å². The molecule has 0 amide bonds. The van der Waals surface area contributed by atoms with Gasteiger partial charge in [-0.1, -0.05) is 115 Å². The van der Waals surface area contributed by atoms with E-state index < -0.39 is 0 Å². The first-order valence-corrected chi connectivity index (χ1v) is 15.6. The minimum atomic E-state index is -0.0617. The Morgan fingerprint density at radius 2 is 1.45 bits per heavy atom. The van der Waals surface area contributed by atoms with Crippen molar-refractivity contribution in [3.63, 3.8) is 0 Å². The topological polar surface area (TPSA) is 61.0 Å². The minimum absolute atomic E-state index is 0.0617. The molecule has 1 unspecified atom stereocenters. The number of allylic oxidation sites excluding steroid dienone is 1. The van der Waals surface area contributed by atoms with Crippen LogP contribution in [0.25, 0.3) is 49.9 Å². The number of rotatable bonds is 9. The van der Waals surface area contributed by atoms with Gasteiger partial charge in [0.25, 0.3) is 0 Å². The molecule has 0 fully saturated rings.